The van der Waals surface area contributed by atoms with Crippen molar-refractivity contribution in [1.29, 1.82) is 0 Å². The second kappa shape index (κ2) is 5.50. The van der Waals surface area contributed by atoms with Gasteiger partial charge in [-0.3, -0.25) is 4.98 Å². The van der Waals surface area contributed by atoms with Gasteiger partial charge < -0.3 is 5.11 Å². The molecule has 17 heavy (non-hydrogen) atoms. The summed E-state index contributed by atoms with van der Waals surface area (Å²) in [4.78, 5) is 4.16. The fourth-order valence-corrected chi connectivity index (χ4v) is 2.04. The van der Waals surface area contributed by atoms with Crippen molar-refractivity contribution in [3.05, 3.63) is 63.9 Å². The molecule has 2 aromatic rings. The van der Waals surface area contributed by atoms with Gasteiger partial charge in [0.15, 0.2) is 0 Å². The van der Waals surface area contributed by atoms with E-state index in [4.69, 9.17) is 23.2 Å². The first-order valence-corrected chi connectivity index (χ1v) is 5.96. The number of aliphatic hydroxyl groups excluding tert-OH is 1. The van der Waals surface area contributed by atoms with Crippen LogP contribution in [-0.4, -0.2) is 10.1 Å². The van der Waals surface area contributed by atoms with Crippen LogP contribution < -0.4 is 0 Å². The summed E-state index contributed by atoms with van der Waals surface area (Å²) in [6, 6.07) is 10.8. The summed E-state index contributed by atoms with van der Waals surface area (Å²) >= 11 is 11.9. The zero-order valence-corrected chi connectivity index (χ0v) is 10.5. The van der Waals surface area contributed by atoms with Crippen LogP contribution in [0, 0.1) is 0 Å². The van der Waals surface area contributed by atoms with Crippen LogP contribution in [-0.2, 0) is 6.42 Å². The molecule has 0 radical (unpaired) electrons. The molecule has 0 spiro atoms. The molecule has 2 nitrogen and oxygen atoms in total. The number of aromatic nitrogens is 1. The number of hydrogen-bond donors (Lipinski definition) is 1. The molecule has 0 aliphatic heterocycles. The summed E-state index contributed by atoms with van der Waals surface area (Å²) in [6.07, 6.45) is 1.42. The lowest BCUT2D eigenvalue weighted by molar-refractivity contribution is 0.177. The lowest BCUT2D eigenvalue weighted by Crippen LogP contribution is -2.04. The molecule has 1 heterocycles. The lowest BCUT2D eigenvalue weighted by Gasteiger charge is -2.12. The zero-order chi connectivity index (χ0) is 12.3. The van der Waals surface area contributed by atoms with Crippen LogP contribution in [0.3, 0.4) is 0 Å². The highest BCUT2D eigenvalue weighted by atomic mass is 35.5. The number of hydrogen-bond acceptors (Lipinski definition) is 2. The van der Waals surface area contributed by atoms with Gasteiger partial charge in [0.25, 0.3) is 0 Å². The van der Waals surface area contributed by atoms with E-state index in [-0.39, 0.29) is 0 Å². The smallest absolute Gasteiger partial charge is 0.0860 e. The minimum atomic E-state index is -0.698. The highest BCUT2D eigenvalue weighted by Gasteiger charge is 2.14. The Kier molecular flexibility index (Phi) is 4.00. The first-order chi connectivity index (χ1) is 8.18. The Balaban J connectivity index is 2.20. The molecular weight excluding hydrogens is 257 g/mol. The SMILES string of the molecule is OC(Cc1ccccn1)c1cccc(Cl)c1Cl. The third-order valence-corrected chi connectivity index (χ3v) is 3.30. The molecule has 0 saturated heterocycles. The van der Waals surface area contributed by atoms with Crippen molar-refractivity contribution < 1.29 is 5.11 Å². The maximum Gasteiger partial charge on any atom is 0.0860 e. The quantitative estimate of drug-likeness (QED) is 0.921. The van der Waals surface area contributed by atoms with Gasteiger partial charge in [-0.15, -0.1) is 0 Å². The first-order valence-electron chi connectivity index (χ1n) is 5.20. The molecule has 0 fully saturated rings. The number of aliphatic hydroxyl groups is 1. The Hall–Kier alpha value is -1.09. The molecule has 0 bridgehead atoms. The van der Waals surface area contributed by atoms with Crippen molar-refractivity contribution in [2.24, 2.45) is 0 Å². The van der Waals surface area contributed by atoms with Gasteiger partial charge in [0.1, 0.15) is 0 Å². The summed E-state index contributed by atoms with van der Waals surface area (Å²) in [5.41, 5.74) is 1.45. The molecule has 1 aromatic carbocycles. The second-order valence-corrected chi connectivity index (χ2v) is 4.47. The molecule has 0 aliphatic rings. The maximum atomic E-state index is 10.1. The number of rotatable bonds is 3. The molecule has 1 unspecified atom stereocenters. The molecule has 1 N–H and O–H groups in total. The fraction of sp³-hybridized carbons (Fsp3) is 0.154. The summed E-state index contributed by atoms with van der Waals surface area (Å²) in [6.45, 7) is 0. The van der Waals surface area contributed by atoms with E-state index in [1.807, 2.05) is 18.2 Å². The van der Waals surface area contributed by atoms with E-state index in [1.165, 1.54) is 0 Å². The molecule has 1 atom stereocenters. The topological polar surface area (TPSA) is 33.1 Å². The predicted molar refractivity (Wildman–Crippen MR) is 69.4 cm³/mol. The average molecular weight is 268 g/mol. The molecule has 0 aliphatic carbocycles. The van der Waals surface area contributed by atoms with Gasteiger partial charge in [-0.25, -0.2) is 0 Å². The minimum Gasteiger partial charge on any atom is -0.388 e. The van der Waals surface area contributed by atoms with Gasteiger partial charge in [-0.05, 0) is 18.2 Å². The molecule has 4 heteroatoms. The minimum absolute atomic E-state index is 0.401. The Morgan fingerprint density at radius 2 is 1.94 bits per heavy atom. The van der Waals surface area contributed by atoms with Crippen LogP contribution in [0.25, 0.3) is 0 Å². The van der Waals surface area contributed by atoms with Crippen molar-refractivity contribution in [2.45, 2.75) is 12.5 Å². The van der Waals surface area contributed by atoms with Gasteiger partial charge in [-0.1, -0.05) is 41.4 Å². The van der Waals surface area contributed by atoms with Gasteiger partial charge in [-0.2, -0.15) is 0 Å². The molecule has 0 amide bonds. The molecule has 0 saturated carbocycles. The highest BCUT2D eigenvalue weighted by molar-refractivity contribution is 6.42. The number of halogens is 2. The Morgan fingerprint density at radius 3 is 2.65 bits per heavy atom. The molecule has 1 aromatic heterocycles. The van der Waals surface area contributed by atoms with E-state index in [2.05, 4.69) is 4.98 Å². The van der Waals surface area contributed by atoms with Gasteiger partial charge >= 0.3 is 0 Å². The van der Waals surface area contributed by atoms with Crippen molar-refractivity contribution in [3.63, 3.8) is 0 Å². The van der Waals surface area contributed by atoms with E-state index in [0.717, 1.165) is 5.69 Å². The lowest BCUT2D eigenvalue weighted by atomic mass is 10.0. The van der Waals surface area contributed by atoms with E-state index in [1.54, 1.807) is 24.4 Å². The Bertz CT molecular complexity index is 502. The van der Waals surface area contributed by atoms with Crippen molar-refractivity contribution in [1.82, 2.24) is 4.98 Å². The van der Waals surface area contributed by atoms with Crippen LogP contribution in [0.2, 0.25) is 10.0 Å². The Morgan fingerprint density at radius 1 is 1.12 bits per heavy atom. The number of pyridine rings is 1. The molecular formula is C13H11Cl2NO. The summed E-state index contributed by atoms with van der Waals surface area (Å²) in [5, 5.41) is 10.9. The zero-order valence-electron chi connectivity index (χ0n) is 8.98. The van der Waals surface area contributed by atoms with Crippen LogP contribution in [0.15, 0.2) is 42.6 Å². The van der Waals surface area contributed by atoms with Crippen molar-refractivity contribution >= 4 is 23.2 Å². The Labute approximate surface area is 110 Å². The summed E-state index contributed by atoms with van der Waals surface area (Å²) in [7, 11) is 0. The summed E-state index contributed by atoms with van der Waals surface area (Å²) in [5.74, 6) is 0. The van der Waals surface area contributed by atoms with Crippen LogP contribution in [0.1, 0.15) is 17.4 Å². The van der Waals surface area contributed by atoms with Crippen molar-refractivity contribution in [3.8, 4) is 0 Å². The van der Waals surface area contributed by atoms with Crippen LogP contribution in [0.5, 0.6) is 0 Å². The van der Waals surface area contributed by atoms with Crippen molar-refractivity contribution in [2.75, 3.05) is 0 Å². The third-order valence-electron chi connectivity index (χ3n) is 2.47. The predicted octanol–water partition coefficient (Wildman–Crippen LogP) is 3.66. The monoisotopic (exact) mass is 267 g/mol. The van der Waals surface area contributed by atoms with E-state index >= 15 is 0 Å². The molecule has 2 rings (SSSR count). The third kappa shape index (κ3) is 2.97. The average Bonchev–Trinajstić information content (AvgIpc) is 2.34. The largest absolute Gasteiger partial charge is 0.388 e. The van der Waals surface area contributed by atoms with E-state index in [9.17, 15) is 5.11 Å². The fourth-order valence-electron chi connectivity index (χ4n) is 1.60. The van der Waals surface area contributed by atoms with E-state index in [0.29, 0.717) is 22.0 Å². The normalized spacial score (nSPS) is 12.4. The standard InChI is InChI=1S/C13H11Cl2NO/c14-11-6-3-5-10(13(11)15)12(17)8-9-4-1-2-7-16-9/h1-7,12,17H,8H2. The van der Waals surface area contributed by atoms with E-state index < -0.39 is 6.10 Å². The number of nitrogens with zero attached hydrogens (tertiary/aromatic N) is 1. The summed E-state index contributed by atoms with van der Waals surface area (Å²) < 4.78 is 0. The van der Waals surface area contributed by atoms with Gasteiger partial charge in [0.2, 0.25) is 0 Å². The molecule has 88 valence electrons. The van der Waals surface area contributed by atoms with Gasteiger partial charge in [0.05, 0.1) is 16.1 Å². The number of benzene rings is 1. The van der Waals surface area contributed by atoms with Crippen LogP contribution >= 0.6 is 23.2 Å². The first kappa shape index (κ1) is 12.4. The second-order valence-electron chi connectivity index (χ2n) is 3.68. The maximum absolute atomic E-state index is 10.1. The highest BCUT2D eigenvalue weighted by Crippen LogP contribution is 2.31. The van der Waals surface area contributed by atoms with Crippen LogP contribution in [0.4, 0.5) is 0 Å². The van der Waals surface area contributed by atoms with Gasteiger partial charge in [0, 0.05) is 23.9 Å².